The van der Waals surface area contributed by atoms with Gasteiger partial charge in [-0.2, -0.15) is 0 Å². The zero-order valence-corrected chi connectivity index (χ0v) is 14.0. The number of nitrogens with one attached hydrogen (secondary N) is 4. The van der Waals surface area contributed by atoms with Crippen molar-refractivity contribution in [1.82, 2.24) is 21.2 Å². The molecule has 1 amide bonds. The summed E-state index contributed by atoms with van der Waals surface area (Å²) in [5.41, 5.74) is 9.83. The third-order valence-corrected chi connectivity index (χ3v) is 4.85. The fourth-order valence-electron chi connectivity index (χ4n) is 3.51. The van der Waals surface area contributed by atoms with E-state index in [2.05, 4.69) is 45.4 Å². The maximum Gasteiger partial charge on any atom is 0.226 e. The number of amides is 1. The molecule has 1 fully saturated rings. The molecule has 0 bridgehead atoms. The molecule has 2 heterocycles. The molecule has 1 aliphatic rings. The van der Waals surface area contributed by atoms with Crippen molar-refractivity contribution in [2.45, 2.75) is 12.5 Å². The van der Waals surface area contributed by atoms with Crippen molar-refractivity contribution in [1.29, 1.82) is 0 Å². The van der Waals surface area contributed by atoms with Gasteiger partial charge in [0.15, 0.2) is 0 Å². The molecule has 0 radical (unpaired) electrons. The third kappa shape index (κ3) is 3.29. The third-order valence-electron chi connectivity index (χ3n) is 4.85. The number of aromatic amines is 1. The molecule has 0 spiro atoms. The fraction of sp³-hybridized carbons (Fsp3) is 0.250. The lowest BCUT2D eigenvalue weighted by Crippen LogP contribution is -2.36. The molecule has 0 saturated carbocycles. The molecular weight excluding hydrogens is 312 g/mol. The lowest BCUT2D eigenvalue weighted by Gasteiger charge is -2.18. The van der Waals surface area contributed by atoms with E-state index in [-0.39, 0.29) is 17.9 Å². The first-order chi connectivity index (χ1) is 12.3. The molecule has 25 heavy (non-hydrogen) atoms. The molecule has 1 saturated heterocycles. The van der Waals surface area contributed by atoms with Gasteiger partial charge < -0.3 is 10.3 Å². The highest BCUT2D eigenvalue weighted by molar-refractivity contribution is 5.83. The minimum atomic E-state index is -0.106. The first-order valence-electron chi connectivity index (χ1n) is 8.69. The average Bonchev–Trinajstić information content (AvgIpc) is 3.30. The van der Waals surface area contributed by atoms with Crippen molar-refractivity contribution in [2.75, 3.05) is 13.1 Å². The van der Waals surface area contributed by atoms with Crippen molar-refractivity contribution in [3.05, 3.63) is 71.9 Å². The summed E-state index contributed by atoms with van der Waals surface area (Å²) < 4.78 is 0. The second-order valence-corrected chi connectivity index (χ2v) is 6.42. The van der Waals surface area contributed by atoms with Crippen LogP contribution in [0.5, 0.6) is 0 Å². The number of hydrogen-bond acceptors (Lipinski definition) is 3. The van der Waals surface area contributed by atoms with E-state index in [4.69, 9.17) is 0 Å². The van der Waals surface area contributed by atoms with Gasteiger partial charge in [0.1, 0.15) is 0 Å². The number of hydrazine groups is 1. The van der Waals surface area contributed by atoms with E-state index in [9.17, 15) is 4.79 Å². The summed E-state index contributed by atoms with van der Waals surface area (Å²) in [6.45, 7) is 1.27. The van der Waals surface area contributed by atoms with Crippen molar-refractivity contribution in [2.24, 2.45) is 5.92 Å². The molecule has 128 valence electrons. The van der Waals surface area contributed by atoms with Crippen molar-refractivity contribution in [3.63, 3.8) is 0 Å². The molecule has 5 heteroatoms. The molecule has 1 aromatic heterocycles. The second kappa shape index (κ2) is 7.09. The van der Waals surface area contributed by atoms with E-state index in [1.165, 1.54) is 10.9 Å². The predicted molar refractivity (Wildman–Crippen MR) is 98.8 cm³/mol. The highest BCUT2D eigenvalue weighted by Crippen LogP contribution is 2.24. The van der Waals surface area contributed by atoms with Gasteiger partial charge in [-0.25, -0.2) is 5.43 Å². The number of fused-ring (bicyclic) bond motifs is 1. The summed E-state index contributed by atoms with van der Waals surface area (Å²) in [5, 5.41) is 4.32. The Balaban J connectivity index is 1.37. The van der Waals surface area contributed by atoms with Crippen molar-refractivity contribution >= 4 is 16.8 Å². The number of aromatic nitrogens is 1. The zero-order chi connectivity index (χ0) is 17.1. The summed E-state index contributed by atoms with van der Waals surface area (Å²) in [6, 6.07) is 18.3. The summed E-state index contributed by atoms with van der Waals surface area (Å²) >= 11 is 0. The Morgan fingerprint density at radius 2 is 1.88 bits per heavy atom. The second-order valence-electron chi connectivity index (χ2n) is 6.42. The van der Waals surface area contributed by atoms with Gasteiger partial charge in [-0.3, -0.25) is 10.2 Å². The van der Waals surface area contributed by atoms with Gasteiger partial charge in [0.25, 0.3) is 0 Å². The molecular formula is C20H22N4O. The minimum absolute atomic E-state index is 0.00860. The molecule has 4 rings (SSSR count). The van der Waals surface area contributed by atoms with Crippen molar-refractivity contribution in [3.8, 4) is 0 Å². The van der Waals surface area contributed by atoms with Crippen molar-refractivity contribution < 1.29 is 4.79 Å². The largest absolute Gasteiger partial charge is 0.361 e. The summed E-state index contributed by atoms with van der Waals surface area (Å²) in [7, 11) is 0. The molecule has 2 atom stereocenters. The Morgan fingerprint density at radius 1 is 1.08 bits per heavy atom. The zero-order valence-electron chi connectivity index (χ0n) is 14.0. The number of benzene rings is 2. The van der Waals surface area contributed by atoms with Crippen LogP contribution >= 0.6 is 0 Å². The Bertz CT molecular complexity index is 858. The predicted octanol–water partition coefficient (Wildman–Crippen LogP) is 2.29. The smallest absolute Gasteiger partial charge is 0.226 e. The van der Waals surface area contributed by atoms with Gasteiger partial charge in [-0.15, -0.1) is 0 Å². The topological polar surface area (TPSA) is 69.0 Å². The van der Waals surface area contributed by atoms with E-state index in [1.54, 1.807) is 0 Å². The molecule has 1 aliphatic heterocycles. The summed E-state index contributed by atoms with van der Waals surface area (Å²) in [5.74, 6) is -0.0171. The lowest BCUT2D eigenvalue weighted by molar-refractivity contribution is -0.124. The Hall–Kier alpha value is -2.63. The van der Waals surface area contributed by atoms with Crippen LogP contribution in [0.3, 0.4) is 0 Å². The van der Waals surface area contributed by atoms with Gasteiger partial charge in [-0.05, 0) is 23.6 Å². The maximum absolute atomic E-state index is 12.6. The number of carbonyl (C=O) groups is 1. The van der Waals surface area contributed by atoms with Gasteiger partial charge in [0.05, 0.1) is 12.0 Å². The van der Waals surface area contributed by atoms with Gasteiger partial charge in [0, 0.05) is 30.2 Å². The highest BCUT2D eigenvalue weighted by atomic mass is 16.2. The average molecular weight is 334 g/mol. The van der Waals surface area contributed by atoms with Crippen LogP contribution in [0.15, 0.2) is 60.8 Å². The van der Waals surface area contributed by atoms with Crippen LogP contribution in [0.4, 0.5) is 0 Å². The maximum atomic E-state index is 12.6. The number of rotatable bonds is 5. The number of para-hydroxylation sites is 1. The first-order valence-corrected chi connectivity index (χ1v) is 8.69. The lowest BCUT2D eigenvalue weighted by atomic mass is 9.94. The molecule has 4 N–H and O–H groups in total. The van der Waals surface area contributed by atoms with Gasteiger partial charge in [-0.1, -0.05) is 48.5 Å². The van der Waals surface area contributed by atoms with E-state index in [1.807, 2.05) is 36.5 Å². The molecule has 0 aliphatic carbocycles. The van der Waals surface area contributed by atoms with Gasteiger partial charge >= 0.3 is 0 Å². The molecule has 3 aromatic rings. The van der Waals surface area contributed by atoms with Crippen LogP contribution in [0.25, 0.3) is 10.9 Å². The number of H-pyrrole nitrogens is 1. The fourth-order valence-corrected chi connectivity index (χ4v) is 3.51. The minimum Gasteiger partial charge on any atom is -0.361 e. The van der Waals surface area contributed by atoms with Crippen LogP contribution in [0.2, 0.25) is 0 Å². The molecule has 2 aromatic carbocycles. The highest BCUT2D eigenvalue weighted by Gasteiger charge is 2.33. The van der Waals surface area contributed by atoms with Crippen LogP contribution in [-0.2, 0) is 11.2 Å². The van der Waals surface area contributed by atoms with E-state index >= 15 is 0 Å². The number of hydrogen-bond donors (Lipinski definition) is 4. The standard InChI is InChI=1S/C20H22N4O/c25-20(17-13-23-24-19(17)14-6-2-1-3-7-14)21-11-10-15-12-22-18-9-5-4-8-16(15)18/h1-9,12,17,19,22-24H,10-11,13H2,(H,21,25). The van der Waals surface area contributed by atoms with Crippen LogP contribution in [-0.4, -0.2) is 24.0 Å². The molecule has 5 nitrogen and oxygen atoms in total. The normalized spacial score (nSPS) is 20.0. The quantitative estimate of drug-likeness (QED) is 0.579. The number of carbonyl (C=O) groups excluding carboxylic acids is 1. The van der Waals surface area contributed by atoms with Crippen LogP contribution < -0.4 is 16.2 Å². The van der Waals surface area contributed by atoms with Gasteiger partial charge in [0.2, 0.25) is 5.91 Å². The monoisotopic (exact) mass is 334 g/mol. The van der Waals surface area contributed by atoms with Crippen LogP contribution in [0, 0.1) is 5.92 Å². The van der Waals surface area contributed by atoms with E-state index < -0.39 is 0 Å². The Labute approximate surface area is 146 Å². The summed E-state index contributed by atoms with van der Waals surface area (Å²) in [6.07, 6.45) is 2.85. The Morgan fingerprint density at radius 3 is 2.76 bits per heavy atom. The van der Waals surface area contributed by atoms with Crippen LogP contribution in [0.1, 0.15) is 17.2 Å². The van der Waals surface area contributed by atoms with E-state index in [0.717, 1.165) is 17.5 Å². The Kier molecular flexibility index (Phi) is 4.50. The molecule has 2 unspecified atom stereocenters. The first kappa shape index (κ1) is 15.9. The van der Waals surface area contributed by atoms with E-state index in [0.29, 0.717) is 13.1 Å². The summed E-state index contributed by atoms with van der Waals surface area (Å²) in [4.78, 5) is 15.9. The SMILES string of the molecule is O=C(NCCc1c[nH]c2ccccc12)C1CNNC1c1ccccc1.